The van der Waals surface area contributed by atoms with Crippen LogP contribution >= 0.6 is 0 Å². The van der Waals surface area contributed by atoms with Crippen LogP contribution in [0.25, 0.3) is 0 Å². The van der Waals surface area contributed by atoms with E-state index in [2.05, 4.69) is 0 Å². The molecule has 8 saturated carbocycles. The number of hydrogen-bond acceptors (Lipinski definition) is 2. The minimum absolute atomic E-state index is 0.0178. The molecule has 2 heteroatoms. The van der Waals surface area contributed by atoms with Crippen LogP contribution in [0.15, 0.2) is 0 Å². The van der Waals surface area contributed by atoms with E-state index in [-0.39, 0.29) is 12.2 Å². The summed E-state index contributed by atoms with van der Waals surface area (Å²) < 4.78 is 0. The molecule has 0 amide bonds. The smallest absolute Gasteiger partial charge is 0.0597 e. The van der Waals surface area contributed by atoms with Crippen LogP contribution in [0, 0.1) is 46.3 Å². The van der Waals surface area contributed by atoms with Gasteiger partial charge < -0.3 is 10.2 Å². The second-order valence-corrected chi connectivity index (χ2v) is 10.5. The van der Waals surface area contributed by atoms with E-state index in [9.17, 15) is 10.2 Å². The lowest BCUT2D eigenvalue weighted by atomic mass is 9.34. The molecule has 122 valence electrons. The Hall–Kier alpha value is -0.0800. The zero-order valence-corrected chi connectivity index (χ0v) is 13.6. The molecule has 0 aliphatic heterocycles. The third kappa shape index (κ3) is 1.42. The summed E-state index contributed by atoms with van der Waals surface area (Å²) in [6.45, 7) is 0. The van der Waals surface area contributed by atoms with Gasteiger partial charge in [0.15, 0.2) is 0 Å². The summed E-state index contributed by atoms with van der Waals surface area (Å²) in [4.78, 5) is 0. The summed E-state index contributed by atoms with van der Waals surface area (Å²) in [5.41, 5.74) is 1.11. The van der Waals surface area contributed by atoms with Gasteiger partial charge in [-0.1, -0.05) is 0 Å². The first-order chi connectivity index (χ1) is 10.6. The van der Waals surface area contributed by atoms with Gasteiger partial charge in [-0.2, -0.15) is 0 Å². The molecular formula is C20H30O2. The Kier molecular flexibility index (Phi) is 2.37. The summed E-state index contributed by atoms with van der Waals surface area (Å²) in [6, 6.07) is 0. The maximum absolute atomic E-state index is 10.6. The molecule has 8 bridgehead atoms. The fourth-order valence-electron chi connectivity index (χ4n) is 9.29. The first-order valence-corrected chi connectivity index (χ1v) is 9.94. The normalized spacial score (nSPS) is 67.9. The lowest BCUT2D eigenvalue weighted by Gasteiger charge is -2.71. The van der Waals surface area contributed by atoms with Crippen LogP contribution in [0.1, 0.15) is 64.2 Å². The summed E-state index contributed by atoms with van der Waals surface area (Å²) in [6.07, 6.45) is 13.5. The number of aliphatic hydroxyl groups is 2. The van der Waals surface area contributed by atoms with Gasteiger partial charge in [0.2, 0.25) is 0 Å². The van der Waals surface area contributed by atoms with Gasteiger partial charge in [0.25, 0.3) is 0 Å². The van der Waals surface area contributed by atoms with Crippen molar-refractivity contribution in [2.24, 2.45) is 46.3 Å². The van der Waals surface area contributed by atoms with Crippen molar-refractivity contribution >= 4 is 0 Å². The number of aliphatic hydroxyl groups excluding tert-OH is 2. The molecule has 8 fully saturated rings. The molecule has 0 aromatic heterocycles. The summed E-state index contributed by atoms with van der Waals surface area (Å²) in [7, 11) is 0. The van der Waals surface area contributed by atoms with Crippen LogP contribution in [-0.2, 0) is 0 Å². The highest BCUT2D eigenvalue weighted by atomic mass is 16.3. The van der Waals surface area contributed by atoms with Crippen LogP contribution in [0.4, 0.5) is 0 Å². The second kappa shape index (κ2) is 3.94. The molecule has 4 unspecified atom stereocenters. The molecule has 4 atom stereocenters. The monoisotopic (exact) mass is 302 g/mol. The number of hydrogen-bond donors (Lipinski definition) is 2. The quantitative estimate of drug-likeness (QED) is 0.780. The molecule has 0 spiro atoms. The van der Waals surface area contributed by atoms with Gasteiger partial charge >= 0.3 is 0 Å². The average molecular weight is 302 g/mol. The van der Waals surface area contributed by atoms with E-state index in [0.29, 0.717) is 34.5 Å². The van der Waals surface area contributed by atoms with Gasteiger partial charge in [-0.25, -0.2) is 0 Å². The minimum atomic E-state index is 0.0178. The van der Waals surface area contributed by atoms with Crippen LogP contribution < -0.4 is 0 Å². The van der Waals surface area contributed by atoms with Gasteiger partial charge in [-0.3, -0.25) is 0 Å². The van der Waals surface area contributed by atoms with Gasteiger partial charge in [0.1, 0.15) is 0 Å². The molecule has 0 radical (unpaired) electrons. The Balaban J connectivity index is 1.42. The highest BCUT2D eigenvalue weighted by molar-refractivity contribution is 5.17. The molecule has 0 aromatic rings. The molecule has 8 aliphatic carbocycles. The van der Waals surface area contributed by atoms with Crippen molar-refractivity contribution in [2.75, 3.05) is 0 Å². The molecule has 0 heterocycles. The Morgan fingerprint density at radius 2 is 0.818 bits per heavy atom. The van der Waals surface area contributed by atoms with Crippen molar-refractivity contribution < 1.29 is 10.2 Å². The van der Waals surface area contributed by atoms with Crippen molar-refractivity contribution in [3.05, 3.63) is 0 Å². The fraction of sp³-hybridized carbons (Fsp3) is 1.00. The highest BCUT2D eigenvalue weighted by Crippen LogP contribution is 2.74. The third-order valence-electron chi connectivity index (χ3n) is 9.57. The Morgan fingerprint density at radius 1 is 0.500 bits per heavy atom. The molecule has 0 saturated heterocycles. The lowest BCUT2D eigenvalue weighted by molar-refractivity contribution is -0.242. The third-order valence-corrected chi connectivity index (χ3v) is 9.57. The molecule has 2 N–H and O–H groups in total. The van der Waals surface area contributed by atoms with Crippen molar-refractivity contribution in [3.63, 3.8) is 0 Å². The molecular weight excluding hydrogens is 272 g/mol. The number of rotatable bonds is 1. The van der Waals surface area contributed by atoms with E-state index >= 15 is 0 Å². The zero-order valence-electron chi connectivity index (χ0n) is 13.6. The molecule has 22 heavy (non-hydrogen) atoms. The van der Waals surface area contributed by atoms with Crippen LogP contribution in [0.3, 0.4) is 0 Å². The van der Waals surface area contributed by atoms with E-state index in [0.717, 1.165) is 11.8 Å². The van der Waals surface area contributed by atoms with Gasteiger partial charge in [0.05, 0.1) is 12.2 Å². The van der Waals surface area contributed by atoms with E-state index in [1.807, 2.05) is 0 Å². The molecule has 8 rings (SSSR count). The fourth-order valence-corrected chi connectivity index (χ4v) is 9.29. The molecule has 0 aromatic carbocycles. The Morgan fingerprint density at radius 3 is 1.14 bits per heavy atom. The topological polar surface area (TPSA) is 40.5 Å². The molecule has 8 aliphatic rings. The van der Waals surface area contributed by atoms with Crippen molar-refractivity contribution in [2.45, 2.75) is 76.4 Å². The molecule has 2 nitrogen and oxygen atoms in total. The predicted octanol–water partition coefficient (Wildman–Crippen LogP) is 3.36. The lowest BCUT2D eigenvalue weighted by Crippen LogP contribution is -2.65. The SMILES string of the molecule is OC1C2CC3CC1CC(C14CC5CC(C1)C(O)C(C5)C4)(C3)C2. The van der Waals surface area contributed by atoms with E-state index in [1.54, 1.807) is 0 Å². The maximum atomic E-state index is 10.6. The van der Waals surface area contributed by atoms with Gasteiger partial charge in [-0.05, 0) is 111 Å². The van der Waals surface area contributed by atoms with Crippen molar-refractivity contribution in [3.8, 4) is 0 Å². The first kappa shape index (κ1) is 13.2. The highest BCUT2D eigenvalue weighted by Gasteiger charge is 2.67. The van der Waals surface area contributed by atoms with Crippen LogP contribution in [0.2, 0.25) is 0 Å². The van der Waals surface area contributed by atoms with Crippen LogP contribution in [0.5, 0.6) is 0 Å². The minimum Gasteiger partial charge on any atom is -0.393 e. The summed E-state index contributed by atoms with van der Waals surface area (Å²) >= 11 is 0. The van der Waals surface area contributed by atoms with E-state index in [4.69, 9.17) is 0 Å². The standard InChI is InChI=1S/C20H30O2/c21-17-13-1-11-2-14(17)8-19(5-11,7-13)20-6-12-3-15(9-20)18(22)16(4-12)10-20/h11-18,21-22H,1-10H2. The first-order valence-electron chi connectivity index (χ1n) is 9.94. The second-order valence-electron chi connectivity index (χ2n) is 10.5. The van der Waals surface area contributed by atoms with Crippen molar-refractivity contribution in [1.29, 1.82) is 0 Å². The average Bonchev–Trinajstić information content (AvgIpc) is 2.48. The maximum Gasteiger partial charge on any atom is 0.0597 e. The van der Waals surface area contributed by atoms with Gasteiger partial charge in [-0.15, -0.1) is 0 Å². The van der Waals surface area contributed by atoms with Gasteiger partial charge in [0, 0.05) is 0 Å². The van der Waals surface area contributed by atoms with E-state index in [1.165, 1.54) is 64.2 Å². The van der Waals surface area contributed by atoms with Crippen molar-refractivity contribution in [1.82, 2.24) is 0 Å². The predicted molar refractivity (Wildman–Crippen MR) is 84.0 cm³/mol. The zero-order chi connectivity index (χ0) is 14.7. The van der Waals surface area contributed by atoms with E-state index < -0.39 is 0 Å². The Labute approximate surface area is 133 Å². The summed E-state index contributed by atoms with van der Waals surface area (Å²) in [5, 5.41) is 21.3. The largest absolute Gasteiger partial charge is 0.393 e. The van der Waals surface area contributed by atoms with Crippen LogP contribution in [-0.4, -0.2) is 22.4 Å². The summed E-state index contributed by atoms with van der Waals surface area (Å²) in [5.74, 6) is 4.29. The Bertz CT molecular complexity index is 436.